The van der Waals surface area contributed by atoms with Crippen LogP contribution in [0.4, 0.5) is 0 Å². The molecule has 6 heteroatoms. The van der Waals surface area contributed by atoms with E-state index < -0.39 is 0 Å². The second-order valence-electron chi connectivity index (χ2n) is 6.17. The highest BCUT2D eigenvalue weighted by molar-refractivity contribution is 5.85. The van der Waals surface area contributed by atoms with Crippen molar-refractivity contribution in [3.63, 3.8) is 0 Å². The van der Waals surface area contributed by atoms with Crippen LogP contribution in [0.15, 0.2) is 5.16 Å². The Morgan fingerprint density at radius 1 is 1.30 bits per heavy atom. The zero-order valence-electron chi connectivity index (χ0n) is 13.4. The van der Waals surface area contributed by atoms with Crippen LogP contribution in [0, 0.1) is 5.41 Å². The zero-order chi connectivity index (χ0) is 15.8. The van der Waals surface area contributed by atoms with E-state index in [9.17, 15) is 4.79 Å². The number of oxime groups is 1. The number of carbonyl (C=O) groups excluding carboxylic acids is 1. The first-order chi connectivity index (χ1) is 9.20. The number of hydrogen-bond donors (Lipinski definition) is 4. The Morgan fingerprint density at radius 2 is 1.90 bits per heavy atom. The summed E-state index contributed by atoms with van der Waals surface area (Å²) in [6, 6.07) is -0.0252. The van der Waals surface area contributed by atoms with Gasteiger partial charge in [-0.2, -0.15) is 0 Å². The summed E-state index contributed by atoms with van der Waals surface area (Å²) in [6.45, 7) is 10.4. The molecule has 5 N–H and O–H groups in total. The van der Waals surface area contributed by atoms with Crippen molar-refractivity contribution in [1.29, 1.82) is 0 Å². The maximum absolute atomic E-state index is 11.7. The molecule has 0 aromatic heterocycles. The van der Waals surface area contributed by atoms with Gasteiger partial charge in [0.15, 0.2) is 0 Å². The molecular formula is C14H30N4O2. The lowest BCUT2D eigenvalue weighted by Crippen LogP contribution is -2.44. The van der Waals surface area contributed by atoms with Gasteiger partial charge in [-0.15, -0.1) is 0 Å². The quantitative estimate of drug-likeness (QED) is 0.169. The Labute approximate surface area is 122 Å². The van der Waals surface area contributed by atoms with Gasteiger partial charge in [0.25, 0.3) is 0 Å². The summed E-state index contributed by atoms with van der Waals surface area (Å²) in [5.41, 5.74) is 5.33. The summed E-state index contributed by atoms with van der Waals surface area (Å²) in [6.07, 6.45) is 2.74. The molecule has 0 saturated carbocycles. The first kappa shape index (κ1) is 18.7. The van der Waals surface area contributed by atoms with E-state index in [1.54, 1.807) is 0 Å². The molecule has 0 aromatic carbocycles. The molecule has 20 heavy (non-hydrogen) atoms. The minimum absolute atomic E-state index is 0.0250. The van der Waals surface area contributed by atoms with Crippen LogP contribution in [-0.4, -0.2) is 35.6 Å². The van der Waals surface area contributed by atoms with Crippen LogP contribution < -0.4 is 16.4 Å². The molecule has 0 aliphatic rings. The maximum atomic E-state index is 11.7. The zero-order valence-corrected chi connectivity index (χ0v) is 13.4. The monoisotopic (exact) mass is 286 g/mol. The number of amidine groups is 1. The maximum Gasteiger partial charge on any atom is 0.237 e. The molecule has 118 valence electrons. The van der Waals surface area contributed by atoms with Crippen molar-refractivity contribution < 1.29 is 10.0 Å². The topological polar surface area (TPSA) is 99.7 Å². The van der Waals surface area contributed by atoms with Gasteiger partial charge in [0, 0.05) is 11.5 Å². The van der Waals surface area contributed by atoms with Crippen LogP contribution in [0.1, 0.15) is 53.9 Å². The smallest absolute Gasteiger partial charge is 0.237 e. The van der Waals surface area contributed by atoms with Crippen LogP contribution in [0.3, 0.4) is 0 Å². The van der Waals surface area contributed by atoms with E-state index in [2.05, 4.69) is 15.8 Å². The third-order valence-electron chi connectivity index (χ3n) is 3.30. The molecule has 0 radical (unpaired) electrons. The third kappa shape index (κ3) is 7.33. The molecule has 1 atom stereocenters. The van der Waals surface area contributed by atoms with Gasteiger partial charge in [0.1, 0.15) is 5.84 Å². The van der Waals surface area contributed by atoms with E-state index in [0.717, 1.165) is 25.8 Å². The normalized spacial score (nSPS) is 14.4. The van der Waals surface area contributed by atoms with Gasteiger partial charge in [0.05, 0.1) is 6.04 Å². The van der Waals surface area contributed by atoms with Crippen molar-refractivity contribution in [2.24, 2.45) is 16.3 Å². The summed E-state index contributed by atoms with van der Waals surface area (Å²) < 4.78 is 0. The number of nitrogens with two attached hydrogens (primary N) is 1. The largest absolute Gasteiger partial charge is 0.409 e. The van der Waals surface area contributed by atoms with Crippen LogP contribution in [-0.2, 0) is 4.79 Å². The number of carbonyl (C=O) groups is 1. The summed E-state index contributed by atoms with van der Waals surface area (Å²) in [5.74, 6) is 0.284. The van der Waals surface area contributed by atoms with Gasteiger partial charge in [-0.1, -0.05) is 25.4 Å². The average molecular weight is 286 g/mol. The van der Waals surface area contributed by atoms with E-state index in [4.69, 9.17) is 10.9 Å². The minimum Gasteiger partial charge on any atom is -0.409 e. The van der Waals surface area contributed by atoms with Crippen LogP contribution in [0.2, 0.25) is 0 Å². The molecule has 6 nitrogen and oxygen atoms in total. The predicted molar refractivity (Wildman–Crippen MR) is 81.8 cm³/mol. The highest BCUT2D eigenvalue weighted by atomic mass is 16.4. The van der Waals surface area contributed by atoms with Gasteiger partial charge < -0.3 is 21.6 Å². The lowest BCUT2D eigenvalue weighted by molar-refractivity contribution is -0.123. The van der Waals surface area contributed by atoms with Gasteiger partial charge in [-0.25, -0.2) is 0 Å². The first-order valence-corrected chi connectivity index (χ1v) is 7.22. The second kappa shape index (κ2) is 8.79. The average Bonchev–Trinajstić information content (AvgIpc) is 2.35. The van der Waals surface area contributed by atoms with Crippen LogP contribution >= 0.6 is 0 Å². The van der Waals surface area contributed by atoms with E-state index in [1.165, 1.54) is 0 Å². The molecule has 0 aliphatic carbocycles. The molecule has 0 rings (SSSR count). The standard InChI is InChI=1S/C14H30N4O2/c1-10(2)17-12(19)11(3)16-9-7-6-8-14(4,5)13(15)18-20/h10-11,16,20H,6-9H2,1-5H3,(H2,15,18)(H,17,19). The van der Waals surface area contributed by atoms with Gasteiger partial charge in [-0.3, -0.25) is 4.79 Å². The van der Waals surface area contributed by atoms with Crippen LogP contribution in [0.25, 0.3) is 0 Å². The Hall–Kier alpha value is -1.30. The molecule has 0 heterocycles. The highest BCUT2D eigenvalue weighted by Crippen LogP contribution is 2.23. The van der Waals surface area contributed by atoms with E-state index in [1.807, 2.05) is 34.6 Å². The lowest BCUT2D eigenvalue weighted by atomic mass is 9.86. The number of unbranched alkanes of at least 4 members (excludes halogenated alkanes) is 1. The summed E-state index contributed by atoms with van der Waals surface area (Å²) in [7, 11) is 0. The SMILES string of the molecule is CC(C)NC(=O)C(C)NCCCCC(C)(C)C(N)=NO. The number of hydrogen-bond acceptors (Lipinski definition) is 4. The molecule has 0 saturated heterocycles. The van der Waals surface area contributed by atoms with Crippen molar-refractivity contribution in [3.8, 4) is 0 Å². The second-order valence-corrected chi connectivity index (χ2v) is 6.17. The fourth-order valence-electron chi connectivity index (χ4n) is 1.78. The number of nitrogens with one attached hydrogen (secondary N) is 2. The summed E-state index contributed by atoms with van der Waals surface area (Å²) in [4.78, 5) is 11.7. The Kier molecular flexibility index (Phi) is 8.22. The Bertz CT molecular complexity index is 327. The van der Waals surface area contributed by atoms with Crippen molar-refractivity contribution in [1.82, 2.24) is 10.6 Å². The minimum atomic E-state index is -0.296. The van der Waals surface area contributed by atoms with Gasteiger partial charge >= 0.3 is 0 Å². The molecule has 0 spiro atoms. The van der Waals surface area contributed by atoms with Crippen molar-refractivity contribution in [3.05, 3.63) is 0 Å². The Balaban J connectivity index is 3.85. The van der Waals surface area contributed by atoms with Crippen LogP contribution in [0.5, 0.6) is 0 Å². The highest BCUT2D eigenvalue weighted by Gasteiger charge is 2.22. The molecule has 0 bridgehead atoms. The fourth-order valence-corrected chi connectivity index (χ4v) is 1.78. The predicted octanol–water partition coefficient (Wildman–Crippen LogP) is 1.43. The molecular weight excluding hydrogens is 256 g/mol. The number of nitrogens with zero attached hydrogens (tertiary/aromatic N) is 1. The number of rotatable bonds is 9. The fraction of sp³-hybridized carbons (Fsp3) is 0.857. The van der Waals surface area contributed by atoms with Gasteiger partial charge in [-0.05, 0) is 40.2 Å². The molecule has 1 amide bonds. The summed E-state index contributed by atoms with van der Waals surface area (Å²) in [5, 5.41) is 17.8. The van der Waals surface area contributed by atoms with Gasteiger partial charge in [0.2, 0.25) is 5.91 Å². The van der Waals surface area contributed by atoms with E-state index >= 15 is 0 Å². The van der Waals surface area contributed by atoms with Crippen molar-refractivity contribution in [2.45, 2.75) is 66.0 Å². The molecule has 1 unspecified atom stereocenters. The lowest BCUT2D eigenvalue weighted by Gasteiger charge is -2.22. The third-order valence-corrected chi connectivity index (χ3v) is 3.30. The first-order valence-electron chi connectivity index (χ1n) is 7.22. The summed E-state index contributed by atoms with van der Waals surface area (Å²) >= 11 is 0. The van der Waals surface area contributed by atoms with E-state index in [-0.39, 0.29) is 29.2 Å². The molecule has 0 fully saturated rings. The number of amides is 1. The van der Waals surface area contributed by atoms with E-state index in [0.29, 0.717) is 0 Å². The molecule has 0 aromatic rings. The molecule has 0 aliphatic heterocycles. The Morgan fingerprint density at radius 3 is 2.40 bits per heavy atom. The van der Waals surface area contributed by atoms with Crippen molar-refractivity contribution in [2.75, 3.05) is 6.54 Å². The van der Waals surface area contributed by atoms with Crippen molar-refractivity contribution >= 4 is 11.7 Å².